The maximum atomic E-state index is 6.65. The van der Waals surface area contributed by atoms with Crippen LogP contribution in [0, 0.1) is 13.8 Å². The van der Waals surface area contributed by atoms with Crippen LogP contribution in [0.2, 0.25) is 0 Å². The molecule has 0 bridgehead atoms. The molecule has 0 saturated heterocycles. The fraction of sp³-hybridized carbons (Fsp3) is 0.273. The van der Waals surface area contributed by atoms with Crippen LogP contribution in [0.15, 0.2) is 75.9 Å². The molecular weight excluding hydrogens is 341 g/mol. The van der Waals surface area contributed by atoms with Gasteiger partial charge in [0, 0.05) is 5.16 Å². The van der Waals surface area contributed by atoms with E-state index in [4.69, 9.17) is 13.7 Å². The maximum Gasteiger partial charge on any atom is 0.207 e. The number of nitrogens with zero attached hydrogens (tertiary/aromatic N) is 1. The predicted molar refractivity (Wildman–Crippen MR) is 110 cm³/mol. The lowest BCUT2D eigenvalue weighted by Crippen LogP contribution is -2.26. The quantitative estimate of drug-likeness (QED) is 0.473. The molecule has 0 aliphatic rings. The van der Waals surface area contributed by atoms with Gasteiger partial charge in [0.15, 0.2) is 5.50 Å². The Hall–Kier alpha value is -2.25. The Kier molecular flexibility index (Phi) is 5.11. The van der Waals surface area contributed by atoms with E-state index in [2.05, 4.69) is 39.8 Å². The minimum absolute atomic E-state index is 0.238. The largest absolute Gasteiger partial charge is 0.457 e. The lowest BCUT2D eigenvalue weighted by Gasteiger charge is -2.35. The third kappa shape index (κ3) is 3.78. The summed E-state index contributed by atoms with van der Waals surface area (Å²) < 4.78 is 17.9. The van der Waals surface area contributed by atoms with Crippen molar-refractivity contribution in [1.29, 1.82) is 0 Å². The molecule has 1 aromatic heterocycles. The Labute approximate surface area is 156 Å². The maximum absolute atomic E-state index is 6.65. The molecule has 1 heterocycles. The minimum atomic E-state index is -2.51. The van der Waals surface area contributed by atoms with Gasteiger partial charge in [0.2, 0.25) is 7.28 Å². The Bertz CT molecular complexity index is 919. The fourth-order valence-corrected chi connectivity index (χ4v) is 5.62. The van der Waals surface area contributed by atoms with Crippen LogP contribution in [-0.4, -0.2) is 5.16 Å². The first-order chi connectivity index (χ1) is 12.3. The molecule has 0 N–H and O–H groups in total. The van der Waals surface area contributed by atoms with Crippen LogP contribution in [0.3, 0.4) is 0 Å². The highest BCUT2D eigenvalue weighted by molar-refractivity contribution is 7.70. The lowest BCUT2D eigenvalue weighted by molar-refractivity contribution is 0.527. The van der Waals surface area contributed by atoms with Crippen molar-refractivity contribution < 1.29 is 8.94 Å². The summed E-state index contributed by atoms with van der Waals surface area (Å²) in [6, 6.07) is 22.1. The molecule has 3 nitrogen and oxygen atoms in total. The summed E-state index contributed by atoms with van der Waals surface area (Å²) in [6.07, 6.45) is 0. The first-order valence-electron chi connectivity index (χ1n) is 8.81. The van der Waals surface area contributed by atoms with Gasteiger partial charge in [-0.15, -0.1) is 0 Å². The molecule has 0 radical (unpaired) electrons. The monoisotopic (exact) mass is 367 g/mol. The lowest BCUT2D eigenvalue weighted by atomic mass is 10.2. The van der Waals surface area contributed by atoms with Crippen LogP contribution >= 0.6 is 7.28 Å². The average Bonchev–Trinajstić information content (AvgIpc) is 3.03. The molecule has 3 rings (SSSR count). The van der Waals surface area contributed by atoms with Crippen molar-refractivity contribution in [2.24, 2.45) is 4.74 Å². The van der Waals surface area contributed by atoms with E-state index in [-0.39, 0.29) is 5.16 Å². The molecule has 0 saturated carbocycles. The number of benzene rings is 2. The molecule has 26 heavy (non-hydrogen) atoms. The van der Waals surface area contributed by atoms with Gasteiger partial charge in [0.25, 0.3) is 0 Å². The highest BCUT2D eigenvalue weighted by Gasteiger charge is 2.41. The van der Waals surface area contributed by atoms with E-state index in [1.807, 2.05) is 61.5 Å². The molecule has 1 atom stereocenters. The number of hydrogen-bond acceptors (Lipinski definition) is 3. The third-order valence-corrected chi connectivity index (χ3v) is 7.85. The van der Waals surface area contributed by atoms with Crippen LogP contribution in [0.1, 0.15) is 32.1 Å². The molecule has 3 aromatic rings. The summed E-state index contributed by atoms with van der Waals surface area (Å²) in [5.41, 5.74) is 2.93. The Balaban J connectivity index is 2.26. The van der Waals surface area contributed by atoms with Crippen LogP contribution in [0.5, 0.6) is 5.75 Å². The van der Waals surface area contributed by atoms with Crippen LogP contribution in [-0.2, 0) is 0 Å². The van der Waals surface area contributed by atoms with Crippen LogP contribution in [0.25, 0.3) is 0 Å². The van der Waals surface area contributed by atoms with Crippen molar-refractivity contribution in [3.63, 3.8) is 0 Å². The number of furan rings is 1. The van der Waals surface area contributed by atoms with E-state index >= 15 is 0 Å². The molecule has 0 fully saturated rings. The average molecular weight is 367 g/mol. The summed E-state index contributed by atoms with van der Waals surface area (Å²) >= 11 is 0. The molecule has 0 spiro atoms. The molecule has 1 unspecified atom stereocenters. The first-order valence-corrected chi connectivity index (χ1v) is 10.5. The van der Waals surface area contributed by atoms with Gasteiger partial charge in [-0.25, -0.2) is 4.74 Å². The van der Waals surface area contributed by atoms with E-state index in [1.54, 1.807) is 0 Å². The number of rotatable bonds is 4. The molecule has 136 valence electrons. The van der Waals surface area contributed by atoms with E-state index < -0.39 is 7.28 Å². The minimum Gasteiger partial charge on any atom is -0.457 e. The predicted octanol–water partition coefficient (Wildman–Crippen LogP) is 6.85. The molecular formula is C22H26NO2P. The molecule has 0 aliphatic carbocycles. The van der Waals surface area contributed by atoms with E-state index in [0.717, 1.165) is 22.7 Å². The zero-order valence-corrected chi connectivity index (χ0v) is 17.0. The SMILES string of the molecule is Cc1ccc(N=P(Oc2ccccc2)(c2ccc(C)o2)C(C)(C)C)cc1. The zero-order valence-electron chi connectivity index (χ0n) is 16.1. The van der Waals surface area contributed by atoms with E-state index in [9.17, 15) is 0 Å². The molecule has 0 aliphatic heterocycles. The van der Waals surface area contributed by atoms with Crippen molar-refractivity contribution in [3.8, 4) is 5.75 Å². The van der Waals surface area contributed by atoms with E-state index in [0.29, 0.717) is 0 Å². The van der Waals surface area contributed by atoms with Crippen molar-refractivity contribution >= 4 is 18.5 Å². The number of para-hydroxylation sites is 1. The first kappa shape index (κ1) is 18.5. The highest BCUT2D eigenvalue weighted by Crippen LogP contribution is 2.62. The van der Waals surface area contributed by atoms with Gasteiger partial charge in [-0.2, -0.15) is 0 Å². The second kappa shape index (κ2) is 7.17. The zero-order chi connectivity index (χ0) is 18.8. The summed E-state index contributed by atoms with van der Waals surface area (Å²) in [5, 5.41) is -0.238. The van der Waals surface area contributed by atoms with Crippen molar-refractivity contribution in [1.82, 2.24) is 0 Å². The van der Waals surface area contributed by atoms with Crippen molar-refractivity contribution in [2.75, 3.05) is 0 Å². The van der Waals surface area contributed by atoms with E-state index in [1.165, 1.54) is 5.56 Å². The highest BCUT2D eigenvalue weighted by atomic mass is 31.2. The van der Waals surface area contributed by atoms with Crippen molar-refractivity contribution in [2.45, 2.75) is 39.8 Å². The third-order valence-electron chi connectivity index (χ3n) is 4.21. The number of aryl methyl sites for hydroxylation is 2. The fourth-order valence-electron chi connectivity index (χ4n) is 2.72. The molecule has 2 aromatic carbocycles. The summed E-state index contributed by atoms with van der Waals surface area (Å²) in [6.45, 7) is 10.5. The smallest absolute Gasteiger partial charge is 0.207 e. The summed E-state index contributed by atoms with van der Waals surface area (Å²) in [4.78, 5) is 0. The van der Waals surface area contributed by atoms with Gasteiger partial charge in [0.05, 0.1) is 5.69 Å². The summed E-state index contributed by atoms with van der Waals surface area (Å²) in [5.74, 6) is 1.67. The van der Waals surface area contributed by atoms with Crippen LogP contribution < -0.4 is 10.0 Å². The Morgan fingerprint density at radius 1 is 0.846 bits per heavy atom. The summed E-state index contributed by atoms with van der Waals surface area (Å²) in [7, 11) is -2.51. The van der Waals surface area contributed by atoms with Gasteiger partial charge in [-0.1, -0.05) is 56.7 Å². The normalized spacial score (nSPS) is 13.9. The second-order valence-electron chi connectivity index (χ2n) is 7.47. The Morgan fingerprint density at radius 3 is 2.04 bits per heavy atom. The van der Waals surface area contributed by atoms with Crippen molar-refractivity contribution in [3.05, 3.63) is 78.1 Å². The van der Waals surface area contributed by atoms with Gasteiger partial charge in [-0.05, 0) is 50.2 Å². The van der Waals surface area contributed by atoms with Gasteiger partial charge in [0.1, 0.15) is 11.5 Å². The number of hydrogen-bond donors (Lipinski definition) is 0. The second-order valence-corrected chi connectivity index (χ2v) is 10.8. The standard InChI is InChI=1S/C22H26NO2P/c1-17-11-14-19(15-12-17)23-26(22(3,4)5,21-16-13-18(2)24-21)25-20-9-7-6-8-10-20/h6-16H,1-5H3. The van der Waals surface area contributed by atoms with Crippen LogP contribution in [0.4, 0.5) is 5.69 Å². The Morgan fingerprint density at radius 2 is 1.50 bits per heavy atom. The molecule has 4 heteroatoms. The van der Waals surface area contributed by atoms with Gasteiger partial charge < -0.3 is 8.94 Å². The topological polar surface area (TPSA) is 34.7 Å². The molecule has 0 amide bonds. The van der Waals surface area contributed by atoms with Gasteiger partial charge in [-0.3, -0.25) is 0 Å². The van der Waals surface area contributed by atoms with Gasteiger partial charge >= 0.3 is 0 Å².